The molecule has 1 fully saturated rings. The molecular weight excluding hydrogens is 520 g/mol. The van der Waals surface area contributed by atoms with Crippen LogP contribution in [0.2, 0.25) is 0 Å². The molecule has 1 aromatic heterocycles. The molecule has 1 aliphatic rings. The van der Waals surface area contributed by atoms with Crippen LogP contribution in [0, 0.1) is 0 Å². The number of nitrogens with zero attached hydrogens (tertiary/aromatic N) is 1. The molecule has 1 heterocycles. The van der Waals surface area contributed by atoms with Gasteiger partial charge in [-0.05, 0) is 63.6 Å². The molecule has 0 atom stereocenters. The van der Waals surface area contributed by atoms with Gasteiger partial charge in [-0.1, -0.05) is 62.9 Å². The van der Waals surface area contributed by atoms with Gasteiger partial charge in [0.2, 0.25) is 0 Å². The van der Waals surface area contributed by atoms with Gasteiger partial charge in [0, 0.05) is 16.5 Å². The number of nitrogens with one attached hydrogen (secondary N) is 1. The van der Waals surface area contributed by atoms with Crippen LogP contribution in [0.25, 0.3) is 22.2 Å². The molecule has 1 saturated carbocycles. The normalized spacial score (nSPS) is 14.2. The van der Waals surface area contributed by atoms with E-state index in [9.17, 15) is 19.5 Å². The number of esters is 1. The summed E-state index contributed by atoms with van der Waals surface area (Å²) in [6.07, 6.45) is 6.52. The molecule has 2 aromatic carbocycles. The lowest BCUT2D eigenvalue weighted by molar-refractivity contribution is -0.144. The minimum absolute atomic E-state index is 0.0557. The number of carbonyl (C=O) groups excluding carboxylic acids is 3. The van der Waals surface area contributed by atoms with Crippen molar-refractivity contribution >= 4 is 34.4 Å². The second kappa shape index (κ2) is 13.3. The van der Waals surface area contributed by atoms with E-state index in [2.05, 4.69) is 5.32 Å². The van der Waals surface area contributed by atoms with E-state index in [-0.39, 0.29) is 18.4 Å². The van der Waals surface area contributed by atoms with Crippen LogP contribution >= 0.6 is 0 Å². The molecule has 0 radical (unpaired) electrons. The van der Waals surface area contributed by atoms with E-state index >= 15 is 0 Å². The van der Waals surface area contributed by atoms with Gasteiger partial charge in [-0.25, -0.2) is 4.79 Å². The van der Waals surface area contributed by atoms with Gasteiger partial charge < -0.3 is 19.1 Å². The molecule has 220 valence electrons. The van der Waals surface area contributed by atoms with Gasteiger partial charge in [-0.3, -0.25) is 14.9 Å². The number of aliphatic hydroxyl groups excluding tert-OH is 1. The van der Waals surface area contributed by atoms with Crippen LogP contribution in [0.15, 0.2) is 42.5 Å². The zero-order chi connectivity index (χ0) is 29.6. The van der Waals surface area contributed by atoms with E-state index in [0.717, 1.165) is 66.2 Å². The molecule has 4 rings (SSSR count). The van der Waals surface area contributed by atoms with Crippen molar-refractivity contribution in [3.63, 3.8) is 0 Å². The number of carbonyl (C=O) groups is 3. The number of anilines is 1. The smallest absolute Gasteiger partial charge is 0.412 e. The highest BCUT2D eigenvalue weighted by Gasteiger charge is 2.29. The van der Waals surface area contributed by atoms with Gasteiger partial charge in [0.05, 0.1) is 23.5 Å². The molecule has 0 bridgehead atoms. The standard InChI is InChI=1S/C33H42N2O6/c1-5-6-18-40-29(38)20-35-27-19-23(28(37)21-36)16-17-25(27)30(22-12-8-7-9-13-22)31(35)24-14-10-11-15-26(24)34-32(39)41-33(2,3)4/h10-11,14-17,19,22,36H,5-9,12-13,18,20-21H2,1-4H3,(H,34,39). The summed E-state index contributed by atoms with van der Waals surface area (Å²) in [5, 5.41) is 13.4. The van der Waals surface area contributed by atoms with Crippen LogP contribution in [0.5, 0.6) is 0 Å². The molecule has 1 aliphatic carbocycles. The van der Waals surface area contributed by atoms with Crippen molar-refractivity contribution in [2.24, 2.45) is 0 Å². The third-order valence-electron chi connectivity index (χ3n) is 7.45. The Hall–Kier alpha value is -3.65. The maximum Gasteiger partial charge on any atom is 0.412 e. The number of para-hydroxylation sites is 1. The first-order chi connectivity index (χ1) is 19.6. The number of aromatic nitrogens is 1. The monoisotopic (exact) mass is 562 g/mol. The van der Waals surface area contributed by atoms with E-state index in [1.807, 2.05) is 62.6 Å². The van der Waals surface area contributed by atoms with Gasteiger partial charge in [0.15, 0.2) is 5.78 Å². The van der Waals surface area contributed by atoms with Crippen molar-refractivity contribution in [2.45, 2.75) is 90.7 Å². The summed E-state index contributed by atoms with van der Waals surface area (Å²) in [5.41, 5.74) is 3.67. The molecule has 1 amide bonds. The molecule has 41 heavy (non-hydrogen) atoms. The number of benzene rings is 2. The average molecular weight is 563 g/mol. The number of ether oxygens (including phenoxy) is 2. The second-order valence-electron chi connectivity index (χ2n) is 11.7. The fraction of sp³-hybridized carbons (Fsp3) is 0.485. The summed E-state index contributed by atoms with van der Waals surface area (Å²) >= 11 is 0. The SMILES string of the molecule is CCCCOC(=O)Cn1c(-c2ccccc2NC(=O)OC(C)(C)C)c(C2CCCCC2)c2ccc(C(=O)CO)cc21. The quantitative estimate of drug-likeness (QED) is 0.153. The average Bonchev–Trinajstić information content (AvgIpc) is 3.25. The Bertz CT molecular complexity index is 1390. The van der Waals surface area contributed by atoms with Crippen molar-refractivity contribution in [1.29, 1.82) is 0 Å². The van der Waals surface area contributed by atoms with Crippen LogP contribution in [0.4, 0.5) is 10.5 Å². The molecule has 0 saturated heterocycles. The first kappa shape index (κ1) is 30.3. The fourth-order valence-corrected chi connectivity index (χ4v) is 5.62. The van der Waals surface area contributed by atoms with Gasteiger partial charge in [0.1, 0.15) is 18.8 Å². The lowest BCUT2D eigenvalue weighted by Gasteiger charge is -2.25. The minimum Gasteiger partial charge on any atom is -0.464 e. The largest absolute Gasteiger partial charge is 0.464 e. The van der Waals surface area contributed by atoms with Crippen molar-refractivity contribution in [1.82, 2.24) is 4.57 Å². The van der Waals surface area contributed by atoms with Crippen molar-refractivity contribution in [2.75, 3.05) is 18.5 Å². The molecule has 0 aliphatic heterocycles. The third kappa shape index (κ3) is 7.36. The maximum atomic E-state index is 13.2. The number of fused-ring (bicyclic) bond motifs is 1. The van der Waals surface area contributed by atoms with Gasteiger partial charge >= 0.3 is 12.1 Å². The van der Waals surface area contributed by atoms with Gasteiger partial charge in [-0.15, -0.1) is 0 Å². The molecule has 8 nitrogen and oxygen atoms in total. The van der Waals surface area contributed by atoms with Crippen LogP contribution < -0.4 is 5.32 Å². The number of unbranched alkanes of at least 4 members (excludes halogenated alkanes) is 1. The van der Waals surface area contributed by atoms with Gasteiger partial charge in [0.25, 0.3) is 0 Å². The Morgan fingerprint density at radius 2 is 1.78 bits per heavy atom. The molecule has 3 aromatic rings. The molecule has 0 spiro atoms. The van der Waals surface area contributed by atoms with Crippen molar-refractivity contribution in [3.05, 3.63) is 53.6 Å². The predicted octanol–water partition coefficient (Wildman–Crippen LogP) is 7.22. The van der Waals surface area contributed by atoms with Gasteiger partial charge in [-0.2, -0.15) is 0 Å². The number of aliphatic hydroxyl groups is 1. The van der Waals surface area contributed by atoms with E-state index < -0.39 is 24.1 Å². The molecule has 8 heteroatoms. The van der Waals surface area contributed by atoms with Crippen LogP contribution in [0.1, 0.15) is 94.5 Å². The highest BCUT2D eigenvalue weighted by Crippen LogP contribution is 2.46. The summed E-state index contributed by atoms with van der Waals surface area (Å²) in [6, 6.07) is 12.9. The number of hydrogen-bond donors (Lipinski definition) is 2. The first-order valence-electron chi connectivity index (χ1n) is 14.7. The predicted molar refractivity (Wildman–Crippen MR) is 160 cm³/mol. The Kier molecular flexibility index (Phi) is 9.86. The number of hydrogen-bond acceptors (Lipinski definition) is 6. The summed E-state index contributed by atoms with van der Waals surface area (Å²) in [6.45, 7) is 7.16. The Balaban J connectivity index is 1.94. The first-order valence-corrected chi connectivity index (χ1v) is 14.7. The minimum atomic E-state index is -0.668. The Morgan fingerprint density at radius 3 is 2.46 bits per heavy atom. The third-order valence-corrected chi connectivity index (χ3v) is 7.45. The maximum absolute atomic E-state index is 13.2. The number of ketones is 1. The molecule has 2 N–H and O–H groups in total. The van der Waals surface area contributed by atoms with Crippen LogP contribution in [-0.4, -0.2) is 46.3 Å². The Labute approximate surface area is 242 Å². The van der Waals surface area contributed by atoms with E-state index in [4.69, 9.17) is 9.47 Å². The summed E-state index contributed by atoms with van der Waals surface area (Å²) in [7, 11) is 0. The summed E-state index contributed by atoms with van der Waals surface area (Å²) in [5.74, 6) is -0.520. The van der Waals surface area contributed by atoms with Crippen LogP contribution in [-0.2, 0) is 20.8 Å². The highest BCUT2D eigenvalue weighted by molar-refractivity contribution is 6.03. The van der Waals surface area contributed by atoms with E-state index in [1.54, 1.807) is 12.1 Å². The number of rotatable bonds is 10. The lowest BCUT2D eigenvalue weighted by atomic mass is 9.81. The van der Waals surface area contributed by atoms with Crippen LogP contribution in [0.3, 0.4) is 0 Å². The summed E-state index contributed by atoms with van der Waals surface area (Å²) in [4.78, 5) is 38.5. The highest BCUT2D eigenvalue weighted by atomic mass is 16.6. The zero-order valence-electron chi connectivity index (χ0n) is 24.6. The topological polar surface area (TPSA) is 107 Å². The Morgan fingerprint density at radius 1 is 1.05 bits per heavy atom. The van der Waals surface area contributed by atoms with E-state index in [1.165, 1.54) is 6.42 Å². The molecule has 0 unspecified atom stereocenters. The van der Waals surface area contributed by atoms with Crippen molar-refractivity contribution < 1.29 is 29.0 Å². The van der Waals surface area contributed by atoms with E-state index in [0.29, 0.717) is 17.9 Å². The number of amides is 1. The fourth-order valence-electron chi connectivity index (χ4n) is 5.62. The molecular formula is C33H42N2O6. The number of Topliss-reactive ketones (excluding diaryl/α,β-unsaturated/α-hetero) is 1. The lowest BCUT2D eigenvalue weighted by Crippen LogP contribution is -2.27. The summed E-state index contributed by atoms with van der Waals surface area (Å²) < 4.78 is 13.0. The van der Waals surface area contributed by atoms with Crippen molar-refractivity contribution in [3.8, 4) is 11.3 Å². The second-order valence-corrected chi connectivity index (χ2v) is 11.7. The zero-order valence-corrected chi connectivity index (χ0v) is 24.6.